The number of carboxylic acid groups (broad SMARTS) is 1. The van der Waals surface area contributed by atoms with E-state index in [0.717, 1.165) is 44.9 Å². The van der Waals surface area contributed by atoms with Crippen molar-refractivity contribution < 1.29 is 35.1 Å². The van der Waals surface area contributed by atoms with Gasteiger partial charge in [-0.05, 0) is 25.7 Å². The molecule has 7 nitrogen and oxygen atoms in total. The molecule has 5 N–H and O–H groups in total. The fraction of sp³-hybridized carbons (Fsp3) is 0.950. The van der Waals surface area contributed by atoms with Gasteiger partial charge >= 0.3 is 5.97 Å². The summed E-state index contributed by atoms with van der Waals surface area (Å²) in [6.07, 6.45) is 3.69. The Hall–Kier alpha value is -0.730. The number of hydrogen-bond acceptors (Lipinski definition) is 6. The van der Waals surface area contributed by atoms with E-state index < -0.39 is 42.2 Å². The molecule has 7 heteroatoms. The lowest BCUT2D eigenvalue weighted by Gasteiger charge is -2.35. The molecule has 160 valence electrons. The van der Waals surface area contributed by atoms with Crippen molar-refractivity contribution in [2.24, 2.45) is 11.8 Å². The minimum Gasteiger partial charge on any atom is -0.481 e. The fourth-order valence-corrected chi connectivity index (χ4v) is 3.82. The molecule has 0 bridgehead atoms. The summed E-state index contributed by atoms with van der Waals surface area (Å²) in [4.78, 5) is 11.6. The van der Waals surface area contributed by atoms with Gasteiger partial charge in [0.1, 0.15) is 12.0 Å². The minimum absolute atomic E-state index is 0.322. The second-order valence-electron chi connectivity index (χ2n) is 7.74. The number of rotatable bonds is 14. The highest BCUT2D eigenvalue weighted by Gasteiger charge is 2.43. The molecule has 27 heavy (non-hydrogen) atoms. The third-order valence-corrected chi connectivity index (χ3v) is 5.61. The van der Waals surface area contributed by atoms with Gasteiger partial charge in [0, 0.05) is 19.1 Å². The molecule has 0 saturated carbocycles. The highest BCUT2D eigenvalue weighted by atomic mass is 16.5. The minimum atomic E-state index is -1.65. The van der Waals surface area contributed by atoms with E-state index in [1.807, 2.05) is 0 Å². The van der Waals surface area contributed by atoms with Crippen LogP contribution >= 0.6 is 0 Å². The average Bonchev–Trinajstić information content (AvgIpc) is 2.67. The number of hydrogen-bond donors (Lipinski definition) is 5. The molecule has 1 saturated heterocycles. The van der Waals surface area contributed by atoms with Crippen LogP contribution < -0.4 is 0 Å². The molecule has 0 radical (unpaired) electrons. The van der Waals surface area contributed by atoms with Crippen molar-refractivity contribution >= 4 is 5.97 Å². The van der Waals surface area contributed by atoms with E-state index in [4.69, 9.17) is 4.74 Å². The van der Waals surface area contributed by atoms with Gasteiger partial charge in [0.05, 0.1) is 18.3 Å². The summed E-state index contributed by atoms with van der Waals surface area (Å²) >= 11 is 0. The smallest absolute Gasteiger partial charge is 0.311 e. The van der Waals surface area contributed by atoms with E-state index in [2.05, 4.69) is 6.92 Å². The monoisotopic (exact) mass is 390 g/mol. The van der Waals surface area contributed by atoms with Crippen LogP contribution in [0.1, 0.15) is 71.1 Å². The third-order valence-electron chi connectivity index (χ3n) is 5.61. The number of aliphatic hydroxyl groups excluding tert-OH is 4. The Balaban J connectivity index is 2.58. The van der Waals surface area contributed by atoms with Crippen molar-refractivity contribution in [3.8, 4) is 0 Å². The summed E-state index contributed by atoms with van der Waals surface area (Å²) in [7, 11) is 0. The lowest BCUT2D eigenvalue weighted by atomic mass is 9.83. The highest BCUT2D eigenvalue weighted by molar-refractivity contribution is 5.71. The standard InChI is InChI=1S/C20H38O7/c1-2-3-4-5-6-7-10-14(13-21)17(22)19(24)18(23)16(20(25)26)15-11-8-9-12-27-15/h14-19,21-24H,2-13H2,1H3,(H,25,26)/t14-,15?,16?,17+,18-,19+/m1/s1. The third kappa shape index (κ3) is 8.03. The van der Waals surface area contributed by atoms with E-state index in [0.29, 0.717) is 19.4 Å². The molecule has 0 aromatic heterocycles. The van der Waals surface area contributed by atoms with E-state index in [-0.39, 0.29) is 6.61 Å². The molecule has 2 unspecified atom stereocenters. The van der Waals surface area contributed by atoms with Gasteiger partial charge < -0.3 is 30.3 Å². The van der Waals surface area contributed by atoms with Gasteiger partial charge in [-0.25, -0.2) is 0 Å². The first kappa shape index (κ1) is 24.3. The number of carboxylic acids is 1. The Morgan fingerprint density at radius 3 is 2.22 bits per heavy atom. The van der Waals surface area contributed by atoms with E-state index in [1.165, 1.54) is 6.42 Å². The molecule has 6 atom stereocenters. The second-order valence-corrected chi connectivity index (χ2v) is 7.74. The summed E-state index contributed by atoms with van der Waals surface area (Å²) < 4.78 is 5.47. The summed E-state index contributed by atoms with van der Waals surface area (Å²) in [6, 6.07) is 0. The van der Waals surface area contributed by atoms with Gasteiger partial charge in [-0.1, -0.05) is 45.4 Å². The molecule has 1 fully saturated rings. The highest BCUT2D eigenvalue weighted by Crippen LogP contribution is 2.27. The first-order valence-corrected chi connectivity index (χ1v) is 10.4. The topological polar surface area (TPSA) is 127 Å². The van der Waals surface area contributed by atoms with E-state index >= 15 is 0 Å². The van der Waals surface area contributed by atoms with E-state index in [1.54, 1.807) is 0 Å². The zero-order chi connectivity index (χ0) is 20.2. The van der Waals surface area contributed by atoms with E-state index in [9.17, 15) is 30.3 Å². The molecule has 0 aliphatic carbocycles. The van der Waals surface area contributed by atoms with Crippen LogP contribution in [0.2, 0.25) is 0 Å². The predicted molar refractivity (Wildman–Crippen MR) is 101 cm³/mol. The predicted octanol–water partition coefficient (Wildman–Crippen LogP) is 1.70. The van der Waals surface area contributed by atoms with Crippen molar-refractivity contribution in [2.45, 2.75) is 95.5 Å². The molecule has 1 heterocycles. The number of ether oxygens (including phenoxy) is 1. The van der Waals surface area contributed by atoms with Crippen LogP contribution in [0.5, 0.6) is 0 Å². The maximum atomic E-state index is 11.6. The van der Waals surface area contributed by atoms with Crippen LogP contribution in [-0.4, -0.2) is 69.1 Å². The summed E-state index contributed by atoms with van der Waals surface area (Å²) in [5.74, 6) is -3.15. The van der Waals surface area contributed by atoms with Gasteiger partial charge in [0.15, 0.2) is 0 Å². The van der Waals surface area contributed by atoms with Gasteiger partial charge in [-0.3, -0.25) is 4.79 Å². The summed E-state index contributed by atoms with van der Waals surface area (Å²) in [5.41, 5.74) is 0. The first-order chi connectivity index (χ1) is 12.9. The van der Waals surface area contributed by atoms with Crippen LogP contribution in [0, 0.1) is 11.8 Å². The Morgan fingerprint density at radius 2 is 1.67 bits per heavy atom. The van der Waals surface area contributed by atoms with Crippen LogP contribution in [0.25, 0.3) is 0 Å². The lowest BCUT2D eigenvalue weighted by molar-refractivity contribution is -0.171. The first-order valence-electron chi connectivity index (χ1n) is 10.4. The Bertz CT molecular complexity index is 398. The summed E-state index contributed by atoms with van der Waals surface area (Å²) in [5, 5.41) is 50.3. The molecule has 1 rings (SSSR count). The second kappa shape index (κ2) is 13.4. The maximum Gasteiger partial charge on any atom is 0.311 e. The average molecular weight is 391 g/mol. The van der Waals surface area contributed by atoms with Crippen LogP contribution in [0.3, 0.4) is 0 Å². The molecule has 0 aromatic rings. The van der Waals surface area contributed by atoms with Gasteiger partial charge in [-0.15, -0.1) is 0 Å². The zero-order valence-corrected chi connectivity index (χ0v) is 16.5. The number of aliphatic hydroxyl groups is 4. The lowest BCUT2D eigenvalue weighted by Crippen LogP contribution is -2.52. The van der Waals surface area contributed by atoms with Gasteiger partial charge in [0.2, 0.25) is 0 Å². The zero-order valence-electron chi connectivity index (χ0n) is 16.5. The molecular formula is C20H38O7. The normalized spacial score (nSPS) is 23.4. The van der Waals surface area contributed by atoms with Crippen molar-refractivity contribution in [3.05, 3.63) is 0 Å². The molecule has 1 aliphatic heterocycles. The maximum absolute atomic E-state index is 11.6. The molecule has 1 aliphatic rings. The number of carbonyl (C=O) groups is 1. The number of unbranched alkanes of at least 4 members (excludes halogenated alkanes) is 5. The molecule has 0 amide bonds. The van der Waals surface area contributed by atoms with Crippen molar-refractivity contribution in [1.82, 2.24) is 0 Å². The van der Waals surface area contributed by atoms with Gasteiger partial charge in [-0.2, -0.15) is 0 Å². The van der Waals surface area contributed by atoms with Crippen molar-refractivity contribution in [3.63, 3.8) is 0 Å². The van der Waals surface area contributed by atoms with Crippen LogP contribution in [-0.2, 0) is 9.53 Å². The number of aliphatic carboxylic acids is 1. The molecule has 0 spiro atoms. The van der Waals surface area contributed by atoms with Crippen molar-refractivity contribution in [2.75, 3.05) is 13.2 Å². The largest absolute Gasteiger partial charge is 0.481 e. The summed E-state index contributed by atoms with van der Waals surface area (Å²) in [6.45, 7) is 2.25. The van der Waals surface area contributed by atoms with Gasteiger partial charge in [0.25, 0.3) is 0 Å². The Kier molecular flexibility index (Phi) is 12.1. The fourth-order valence-electron chi connectivity index (χ4n) is 3.82. The van der Waals surface area contributed by atoms with Crippen LogP contribution in [0.15, 0.2) is 0 Å². The van der Waals surface area contributed by atoms with Crippen LogP contribution in [0.4, 0.5) is 0 Å². The molecular weight excluding hydrogens is 352 g/mol. The SMILES string of the molecule is CCCCCCCC[C@H](CO)[C@H](O)[C@H](O)[C@H](O)C(C(=O)O)C1CCCCO1. The Labute approximate surface area is 162 Å². The van der Waals surface area contributed by atoms with Crippen molar-refractivity contribution in [1.29, 1.82) is 0 Å². The quantitative estimate of drug-likeness (QED) is 0.286. The molecule has 0 aromatic carbocycles. The Morgan fingerprint density at radius 1 is 1.00 bits per heavy atom.